The van der Waals surface area contributed by atoms with Crippen LogP contribution in [-0.4, -0.2) is 58.8 Å². The van der Waals surface area contributed by atoms with Gasteiger partial charge in [-0.1, -0.05) is 29.8 Å². The van der Waals surface area contributed by atoms with Crippen LogP contribution in [0, 0.1) is 5.41 Å². The third-order valence-electron chi connectivity index (χ3n) is 8.11. The minimum atomic E-state index is -3.88. The molecule has 1 aromatic carbocycles. The van der Waals surface area contributed by atoms with E-state index in [4.69, 9.17) is 16.6 Å². The molecule has 3 aliphatic carbocycles. The molecule has 4 aliphatic rings. The van der Waals surface area contributed by atoms with E-state index in [1.54, 1.807) is 28.6 Å². The van der Waals surface area contributed by atoms with Crippen LogP contribution >= 0.6 is 11.6 Å². The van der Waals surface area contributed by atoms with E-state index in [1.807, 2.05) is 26.0 Å². The molecule has 1 aromatic heterocycles. The van der Waals surface area contributed by atoms with Crippen LogP contribution in [-0.2, 0) is 21.4 Å². The summed E-state index contributed by atoms with van der Waals surface area (Å²) in [6.07, 6.45) is 3.51. The lowest BCUT2D eigenvalue weighted by Gasteiger charge is -2.72. The number of aromatic nitrogens is 1. The molecule has 2 bridgehead atoms. The summed E-state index contributed by atoms with van der Waals surface area (Å²) in [4.78, 5) is 21.9. The van der Waals surface area contributed by atoms with Crippen molar-refractivity contribution < 1.29 is 17.6 Å². The fourth-order valence-corrected chi connectivity index (χ4v) is 7.88. The van der Waals surface area contributed by atoms with Gasteiger partial charge in [0.2, 0.25) is 5.91 Å². The first-order valence-corrected chi connectivity index (χ1v) is 15.0. The SMILES string of the molecule is CC(C)(F)CCNC(=O)[C@@H]1N=C(C23CC(N(Cc4ccc(Cl)cc4)S(=O)(=O)c4ccccn4)(C2)C3)NC1(C)C. The number of nitrogens with zero attached hydrogens (tertiary/aromatic N) is 3. The summed E-state index contributed by atoms with van der Waals surface area (Å²) in [6, 6.07) is 11.4. The number of hydrogen-bond donors (Lipinski definition) is 2. The fraction of sp³-hybridized carbons (Fsp3) is 0.536. The largest absolute Gasteiger partial charge is 0.366 e. The number of sulfonamides is 1. The first-order valence-electron chi connectivity index (χ1n) is 13.2. The Kier molecular flexibility index (Phi) is 6.83. The zero-order valence-corrected chi connectivity index (χ0v) is 24.2. The van der Waals surface area contributed by atoms with Crippen molar-refractivity contribution in [1.82, 2.24) is 19.9 Å². The molecular formula is C28H35ClFN5O3S. The zero-order valence-electron chi connectivity index (χ0n) is 22.7. The number of aliphatic imine (C=N–C) groups is 1. The van der Waals surface area contributed by atoms with Crippen molar-refractivity contribution in [3.8, 4) is 0 Å². The van der Waals surface area contributed by atoms with Crippen molar-refractivity contribution in [3.05, 3.63) is 59.2 Å². The Morgan fingerprint density at radius 1 is 1.18 bits per heavy atom. The van der Waals surface area contributed by atoms with Gasteiger partial charge in [-0.05, 0) is 83.2 Å². The van der Waals surface area contributed by atoms with Crippen LogP contribution in [0.25, 0.3) is 0 Å². The zero-order chi connectivity index (χ0) is 28.3. The van der Waals surface area contributed by atoms with Gasteiger partial charge < -0.3 is 10.6 Å². The summed E-state index contributed by atoms with van der Waals surface area (Å²) in [5, 5.41) is 6.88. The molecule has 0 radical (unpaired) electrons. The Labute approximate surface area is 234 Å². The number of amides is 1. The van der Waals surface area contributed by atoms with E-state index in [9.17, 15) is 17.6 Å². The molecule has 2 N–H and O–H groups in total. The molecule has 8 nitrogen and oxygen atoms in total. The average Bonchev–Trinajstić information content (AvgIpc) is 3.12. The number of pyridine rings is 1. The molecule has 0 unspecified atom stereocenters. The lowest BCUT2D eigenvalue weighted by molar-refractivity contribution is -0.151. The van der Waals surface area contributed by atoms with Crippen LogP contribution in [0.15, 0.2) is 58.7 Å². The Balaban J connectivity index is 1.35. The van der Waals surface area contributed by atoms with Crippen LogP contribution in [0.4, 0.5) is 4.39 Å². The Hall–Kier alpha value is -2.56. The summed E-state index contributed by atoms with van der Waals surface area (Å²) >= 11 is 6.06. The number of alkyl halides is 1. The summed E-state index contributed by atoms with van der Waals surface area (Å²) in [5.74, 6) is 0.511. The monoisotopic (exact) mass is 575 g/mol. The van der Waals surface area contributed by atoms with E-state index in [2.05, 4.69) is 15.6 Å². The Bertz CT molecular complexity index is 1370. The maximum Gasteiger partial charge on any atom is 0.261 e. The van der Waals surface area contributed by atoms with Gasteiger partial charge in [-0.2, -0.15) is 4.31 Å². The van der Waals surface area contributed by atoms with Crippen molar-refractivity contribution >= 4 is 33.4 Å². The topological polar surface area (TPSA) is 104 Å². The molecule has 1 aliphatic heterocycles. The Morgan fingerprint density at radius 2 is 1.85 bits per heavy atom. The molecule has 0 spiro atoms. The number of hydrogen-bond acceptors (Lipinski definition) is 6. The van der Waals surface area contributed by atoms with Crippen LogP contribution in [0.1, 0.15) is 58.9 Å². The molecule has 39 heavy (non-hydrogen) atoms. The van der Waals surface area contributed by atoms with E-state index in [0.717, 1.165) is 11.4 Å². The molecule has 0 saturated heterocycles. The minimum Gasteiger partial charge on any atom is -0.366 e. The average molecular weight is 576 g/mol. The molecule has 6 rings (SSSR count). The molecule has 3 saturated carbocycles. The van der Waals surface area contributed by atoms with Crippen molar-refractivity contribution in [3.63, 3.8) is 0 Å². The molecule has 2 heterocycles. The van der Waals surface area contributed by atoms with E-state index in [0.29, 0.717) is 24.3 Å². The molecule has 2 aromatic rings. The van der Waals surface area contributed by atoms with E-state index < -0.39 is 32.8 Å². The molecule has 1 atom stereocenters. The number of nitrogens with one attached hydrogen (secondary N) is 2. The number of halogens is 2. The number of carbonyl (C=O) groups is 1. The number of benzene rings is 1. The van der Waals surface area contributed by atoms with Gasteiger partial charge in [0, 0.05) is 35.3 Å². The van der Waals surface area contributed by atoms with Crippen LogP contribution in [0.2, 0.25) is 5.02 Å². The van der Waals surface area contributed by atoms with Gasteiger partial charge in [0.05, 0.1) is 5.54 Å². The maximum absolute atomic E-state index is 13.8. The van der Waals surface area contributed by atoms with E-state index in [1.165, 1.54) is 26.1 Å². The first kappa shape index (κ1) is 28.0. The lowest BCUT2D eigenvalue weighted by Crippen LogP contribution is -2.78. The van der Waals surface area contributed by atoms with E-state index in [-0.39, 0.29) is 35.9 Å². The molecule has 11 heteroatoms. The fourth-order valence-electron chi connectivity index (χ4n) is 6.06. The molecule has 1 amide bonds. The van der Waals surface area contributed by atoms with Gasteiger partial charge in [0.1, 0.15) is 11.5 Å². The van der Waals surface area contributed by atoms with Gasteiger partial charge >= 0.3 is 0 Å². The lowest BCUT2D eigenvalue weighted by atomic mass is 9.38. The minimum absolute atomic E-state index is 0.0170. The molecule has 3 fully saturated rings. The summed E-state index contributed by atoms with van der Waals surface area (Å²) in [7, 11) is -3.88. The van der Waals surface area contributed by atoms with Crippen molar-refractivity contribution in [2.75, 3.05) is 6.54 Å². The second kappa shape index (κ2) is 9.52. The molecular weight excluding hydrogens is 541 g/mol. The highest BCUT2D eigenvalue weighted by molar-refractivity contribution is 7.89. The molecule has 210 valence electrons. The van der Waals surface area contributed by atoms with Crippen LogP contribution < -0.4 is 10.6 Å². The highest BCUT2D eigenvalue weighted by Crippen LogP contribution is 2.71. The van der Waals surface area contributed by atoms with Gasteiger partial charge in [0.25, 0.3) is 10.0 Å². The number of amidine groups is 1. The summed E-state index contributed by atoms with van der Waals surface area (Å²) in [5.41, 5.74) is -2.00. The highest BCUT2D eigenvalue weighted by atomic mass is 35.5. The van der Waals surface area contributed by atoms with Gasteiger partial charge in [-0.3, -0.25) is 9.79 Å². The number of carbonyl (C=O) groups excluding carboxylic acids is 1. The predicted molar refractivity (Wildman–Crippen MR) is 149 cm³/mol. The van der Waals surface area contributed by atoms with Gasteiger partial charge in [0.15, 0.2) is 11.1 Å². The van der Waals surface area contributed by atoms with Gasteiger partial charge in [-0.15, -0.1) is 0 Å². The summed E-state index contributed by atoms with van der Waals surface area (Å²) < 4.78 is 43.1. The second-order valence-corrected chi connectivity index (χ2v) is 14.6. The normalized spacial score (nSPS) is 27.3. The maximum atomic E-state index is 13.8. The quantitative estimate of drug-likeness (QED) is 0.441. The van der Waals surface area contributed by atoms with E-state index >= 15 is 0 Å². The predicted octanol–water partition coefficient (Wildman–Crippen LogP) is 4.25. The third kappa shape index (κ3) is 5.18. The van der Waals surface area contributed by atoms with Crippen molar-refractivity contribution in [2.24, 2.45) is 10.4 Å². The van der Waals surface area contributed by atoms with Gasteiger partial charge in [-0.25, -0.2) is 17.8 Å². The second-order valence-electron chi connectivity index (χ2n) is 12.3. The smallest absolute Gasteiger partial charge is 0.261 e. The standard InChI is InChI=1S/C28H35ClFN5O3S/c1-25(2,30)12-14-32-23(36)22-26(3,4)34-24(33-22)27-16-28(17-27,18-27)35(15-19-8-10-20(29)11-9-19)39(37,38)21-7-5-6-13-31-21/h5-11,13,22H,12,14-18H2,1-4H3,(H,32,36)(H,33,34)/t22-,27?,28?/m0/s1. The Morgan fingerprint density at radius 3 is 2.44 bits per heavy atom. The first-order chi connectivity index (χ1) is 18.2. The number of rotatable bonds is 10. The highest BCUT2D eigenvalue weighted by Gasteiger charge is 2.75. The van der Waals surface area contributed by atoms with Crippen LogP contribution in [0.5, 0.6) is 0 Å². The third-order valence-corrected chi connectivity index (χ3v) is 10.2. The van der Waals surface area contributed by atoms with Crippen LogP contribution in [0.3, 0.4) is 0 Å². The van der Waals surface area contributed by atoms with Crippen molar-refractivity contribution in [1.29, 1.82) is 0 Å². The van der Waals surface area contributed by atoms with Crippen molar-refractivity contribution in [2.45, 2.75) is 87.7 Å². The summed E-state index contributed by atoms with van der Waals surface area (Å²) in [6.45, 7) is 7.25.